The number of carbonyl (C=O) groups excluding carboxylic acids is 1. The topological polar surface area (TPSA) is 42.9 Å². The number of ketones is 1. The number of carbonyl (C=O) groups is 1. The fourth-order valence-corrected chi connectivity index (χ4v) is 0.972. The summed E-state index contributed by atoms with van der Waals surface area (Å²) in [5, 5.41) is 0. The average molecular weight is 164 g/mol. The van der Waals surface area contributed by atoms with Gasteiger partial charge in [0.05, 0.1) is 0 Å². The molecule has 0 aliphatic rings. The second kappa shape index (κ2) is 3.43. The lowest BCUT2D eigenvalue weighted by molar-refractivity contribution is 0.100. The number of Topliss-reactive ketones (excluding diaryl/α,β-unsaturated/α-hetero) is 1. The Kier molecular flexibility index (Phi) is 2.53. The van der Waals surface area contributed by atoms with Crippen LogP contribution >= 0.6 is 0 Å². The van der Waals surface area contributed by atoms with Gasteiger partial charge in [0, 0.05) is 18.3 Å². The molecule has 0 saturated carbocycles. The predicted octanol–water partition coefficient (Wildman–Crippen LogP) is 1.55. The Labute approximate surface area is 71.9 Å². The van der Waals surface area contributed by atoms with E-state index in [-0.39, 0.29) is 5.78 Å². The van der Waals surface area contributed by atoms with Gasteiger partial charge in [-0.25, -0.2) is 9.97 Å². The highest BCUT2D eigenvalue weighted by molar-refractivity contribution is 5.90. The van der Waals surface area contributed by atoms with Gasteiger partial charge in [-0.2, -0.15) is 0 Å². The van der Waals surface area contributed by atoms with Gasteiger partial charge in [0.2, 0.25) is 0 Å². The zero-order chi connectivity index (χ0) is 9.14. The van der Waals surface area contributed by atoms with Crippen molar-refractivity contribution in [2.24, 2.45) is 0 Å². The van der Waals surface area contributed by atoms with E-state index in [1.54, 1.807) is 0 Å². The van der Waals surface area contributed by atoms with E-state index in [9.17, 15) is 4.79 Å². The quantitative estimate of drug-likeness (QED) is 0.623. The second-order valence-electron chi connectivity index (χ2n) is 2.73. The van der Waals surface area contributed by atoms with Gasteiger partial charge in [0.1, 0.15) is 0 Å². The molecule has 1 heterocycles. The van der Waals surface area contributed by atoms with E-state index in [1.165, 1.54) is 6.92 Å². The third-order valence-corrected chi connectivity index (χ3v) is 1.58. The highest BCUT2D eigenvalue weighted by Crippen LogP contribution is 2.01. The van der Waals surface area contributed by atoms with E-state index in [4.69, 9.17) is 0 Å². The van der Waals surface area contributed by atoms with Crippen molar-refractivity contribution in [1.29, 1.82) is 0 Å². The predicted molar refractivity (Wildman–Crippen MR) is 46.2 cm³/mol. The maximum absolute atomic E-state index is 10.9. The Morgan fingerprint density at radius 3 is 2.67 bits per heavy atom. The van der Waals surface area contributed by atoms with Gasteiger partial charge in [-0.3, -0.25) is 4.79 Å². The third kappa shape index (κ3) is 1.87. The molecule has 0 aliphatic heterocycles. The van der Waals surface area contributed by atoms with Crippen LogP contribution in [0.4, 0.5) is 0 Å². The zero-order valence-electron chi connectivity index (χ0n) is 7.59. The first-order valence-electron chi connectivity index (χ1n) is 3.99. The lowest BCUT2D eigenvalue weighted by atomic mass is 10.2. The van der Waals surface area contributed by atoms with E-state index in [2.05, 4.69) is 9.97 Å². The summed E-state index contributed by atoms with van der Waals surface area (Å²) < 4.78 is 0. The van der Waals surface area contributed by atoms with E-state index in [0.717, 1.165) is 17.8 Å². The molecule has 3 heteroatoms. The molecule has 0 saturated heterocycles. The van der Waals surface area contributed by atoms with E-state index in [1.807, 2.05) is 19.9 Å². The summed E-state index contributed by atoms with van der Waals surface area (Å²) in [6, 6.07) is 1.90. The summed E-state index contributed by atoms with van der Waals surface area (Å²) in [7, 11) is 0. The van der Waals surface area contributed by atoms with Crippen LogP contribution in [0.15, 0.2) is 6.07 Å². The van der Waals surface area contributed by atoms with Crippen LogP contribution in [-0.4, -0.2) is 15.8 Å². The fraction of sp³-hybridized carbons (Fsp3) is 0.444. The summed E-state index contributed by atoms with van der Waals surface area (Å²) in [4.78, 5) is 19.1. The van der Waals surface area contributed by atoms with Gasteiger partial charge in [-0.15, -0.1) is 0 Å². The van der Waals surface area contributed by atoms with Crippen LogP contribution in [0.3, 0.4) is 0 Å². The zero-order valence-corrected chi connectivity index (χ0v) is 7.59. The van der Waals surface area contributed by atoms with Crippen LogP contribution in [0, 0.1) is 6.92 Å². The molecule has 0 N–H and O–H groups in total. The molecule has 0 aliphatic carbocycles. The molecule has 0 amide bonds. The Morgan fingerprint density at radius 1 is 1.50 bits per heavy atom. The first-order chi connectivity index (χ1) is 5.63. The first kappa shape index (κ1) is 8.84. The van der Waals surface area contributed by atoms with Crippen LogP contribution in [-0.2, 0) is 6.42 Å². The molecule has 0 bridgehead atoms. The Balaban J connectivity index is 3.15. The molecular formula is C9H12N2O. The highest BCUT2D eigenvalue weighted by atomic mass is 16.1. The third-order valence-electron chi connectivity index (χ3n) is 1.58. The molecular weight excluding hydrogens is 152 g/mol. The molecule has 1 rings (SSSR count). The van der Waals surface area contributed by atoms with Gasteiger partial charge in [0.25, 0.3) is 0 Å². The number of aromatic nitrogens is 2. The second-order valence-corrected chi connectivity index (χ2v) is 2.73. The van der Waals surface area contributed by atoms with Crippen molar-refractivity contribution in [2.75, 3.05) is 0 Å². The first-order valence-corrected chi connectivity index (χ1v) is 3.99. The molecule has 1 aromatic rings. The molecule has 1 aromatic heterocycles. The largest absolute Gasteiger partial charge is 0.291 e. The van der Waals surface area contributed by atoms with Crippen LogP contribution in [0.25, 0.3) is 0 Å². The lowest BCUT2D eigenvalue weighted by Gasteiger charge is -2.00. The van der Waals surface area contributed by atoms with Crippen molar-refractivity contribution >= 4 is 5.78 Å². The van der Waals surface area contributed by atoms with Crippen molar-refractivity contribution < 1.29 is 4.79 Å². The average Bonchev–Trinajstić information content (AvgIpc) is 2.03. The monoisotopic (exact) mass is 164 g/mol. The minimum absolute atomic E-state index is 0.0756. The maximum atomic E-state index is 10.9. The molecule has 64 valence electrons. The number of rotatable bonds is 2. The van der Waals surface area contributed by atoms with Crippen molar-refractivity contribution in [3.8, 4) is 0 Å². The van der Waals surface area contributed by atoms with Crippen molar-refractivity contribution in [3.05, 3.63) is 23.3 Å². The number of nitrogens with zero attached hydrogens (tertiary/aromatic N) is 2. The lowest BCUT2D eigenvalue weighted by Crippen LogP contribution is -2.04. The van der Waals surface area contributed by atoms with Gasteiger partial charge < -0.3 is 0 Å². The van der Waals surface area contributed by atoms with E-state index >= 15 is 0 Å². The normalized spacial score (nSPS) is 9.92. The van der Waals surface area contributed by atoms with Gasteiger partial charge >= 0.3 is 0 Å². The summed E-state index contributed by atoms with van der Waals surface area (Å²) in [5.41, 5.74) is 1.78. The summed E-state index contributed by atoms with van der Waals surface area (Å²) >= 11 is 0. The molecule has 0 aromatic carbocycles. The van der Waals surface area contributed by atoms with Crippen LogP contribution in [0.5, 0.6) is 0 Å². The smallest absolute Gasteiger partial charge is 0.196 e. The van der Waals surface area contributed by atoms with Gasteiger partial charge in [0.15, 0.2) is 11.6 Å². The fourth-order valence-electron chi connectivity index (χ4n) is 0.972. The number of hydrogen-bond acceptors (Lipinski definition) is 3. The maximum Gasteiger partial charge on any atom is 0.196 e. The Bertz CT molecular complexity index is 307. The Hall–Kier alpha value is -1.25. The molecule has 0 fully saturated rings. The van der Waals surface area contributed by atoms with Crippen molar-refractivity contribution in [2.45, 2.75) is 27.2 Å². The van der Waals surface area contributed by atoms with Crippen LogP contribution < -0.4 is 0 Å². The standard InChI is InChI=1S/C9H12N2O/c1-4-8-5-6(2)10-9(11-8)7(3)12/h5H,4H2,1-3H3. The summed E-state index contributed by atoms with van der Waals surface area (Å²) in [5.74, 6) is 0.250. The molecule has 0 unspecified atom stereocenters. The van der Waals surface area contributed by atoms with Crippen molar-refractivity contribution in [3.63, 3.8) is 0 Å². The highest BCUT2D eigenvalue weighted by Gasteiger charge is 2.04. The molecule has 0 spiro atoms. The minimum Gasteiger partial charge on any atom is -0.291 e. The minimum atomic E-state index is -0.0756. The van der Waals surface area contributed by atoms with Crippen LogP contribution in [0.1, 0.15) is 35.9 Å². The van der Waals surface area contributed by atoms with E-state index < -0.39 is 0 Å². The van der Waals surface area contributed by atoms with Crippen molar-refractivity contribution in [1.82, 2.24) is 9.97 Å². The van der Waals surface area contributed by atoms with Crippen LogP contribution in [0.2, 0.25) is 0 Å². The molecule has 0 radical (unpaired) electrons. The molecule has 0 atom stereocenters. The molecule has 12 heavy (non-hydrogen) atoms. The molecule has 3 nitrogen and oxygen atoms in total. The SMILES string of the molecule is CCc1cc(C)nc(C(C)=O)n1. The number of hydrogen-bond donors (Lipinski definition) is 0. The van der Waals surface area contributed by atoms with E-state index in [0.29, 0.717) is 5.82 Å². The van der Waals surface area contributed by atoms with Gasteiger partial charge in [-0.05, 0) is 19.4 Å². The summed E-state index contributed by atoms with van der Waals surface area (Å²) in [6.07, 6.45) is 0.837. The summed E-state index contributed by atoms with van der Waals surface area (Å²) in [6.45, 7) is 5.35. The Morgan fingerprint density at radius 2 is 2.17 bits per heavy atom. The van der Waals surface area contributed by atoms with Gasteiger partial charge in [-0.1, -0.05) is 6.92 Å². The number of aryl methyl sites for hydroxylation is 2.